The molecule has 7 heteroatoms. The van der Waals surface area contributed by atoms with Gasteiger partial charge in [0.2, 0.25) is 0 Å². The summed E-state index contributed by atoms with van der Waals surface area (Å²) < 4.78 is 27.3. The number of anilines is 2. The van der Waals surface area contributed by atoms with Crippen LogP contribution in [-0.2, 0) is 16.4 Å². The van der Waals surface area contributed by atoms with Crippen LogP contribution in [0, 0.1) is 11.3 Å². The van der Waals surface area contributed by atoms with Crippen LogP contribution in [0.4, 0.5) is 10.7 Å². The van der Waals surface area contributed by atoms with Crippen LogP contribution < -0.4 is 10.5 Å². The van der Waals surface area contributed by atoms with Gasteiger partial charge in [-0.1, -0.05) is 13.0 Å². The maximum absolute atomic E-state index is 12.4. The smallest absolute Gasteiger partial charge is 0.262 e. The molecule has 1 aromatic carbocycles. The number of nitriles is 1. The van der Waals surface area contributed by atoms with Gasteiger partial charge >= 0.3 is 0 Å². The van der Waals surface area contributed by atoms with E-state index in [0.29, 0.717) is 28.2 Å². The van der Waals surface area contributed by atoms with Gasteiger partial charge in [-0.25, -0.2) is 8.42 Å². The molecule has 1 aromatic heterocycles. The monoisotopic (exact) mass is 307 g/mol. The number of hydrogen-bond acceptors (Lipinski definition) is 5. The zero-order valence-corrected chi connectivity index (χ0v) is 12.4. The summed E-state index contributed by atoms with van der Waals surface area (Å²) in [5.74, 6) is 0. The molecule has 0 aliphatic heterocycles. The molecule has 0 amide bonds. The molecule has 0 radical (unpaired) electrons. The van der Waals surface area contributed by atoms with Crippen molar-refractivity contribution in [2.75, 3.05) is 10.5 Å². The quantitative estimate of drug-likeness (QED) is 0.848. The molecule has 0 saturated carbocycles. The van der Waals surface area contributed by atoms with Crippen molar-refractivity contribution < 1.29 is 8.42 Å². The average Bonchev–Trinajstić information content (AvgIpc) is 2.85. The maximum atomic E-state index is 12.4. The molecule has 0 aliphatic rings. The van der Waals surface area contributed by atoms with Gasteiger partial charge in [0.15, 0.2) is 0 Å². The van der Waals surface area contributed by atoms with E-state index in [1.165, 1.54) is 17.4 Å². The Morgan fingerprint density at radius 3 is 2.80 bits per heavy atom. The summed E-state index contributed by atoms with van der Waals surface area (Å²) >= 11 is 1.17. The van der Waals surface area contributed by atoms with E-state index in [1.54, 1.807) is 23.6 Å². The Morgan fingerprint density at radius 2 is 2.15 bits per heavy atom. The molecular formula is C13H13N3O2S2. The summed E-state index contributed by atoms with van der Waals surface area (Å²) in [5.41, 5.74) is 7.04. The number of hydrogen-bond donors (Lipinski definition) is 2. The van der Waals surface area contributed by atoms with E-state index in [-0.39, 0.29) is 4.90 Å². The Kier molecular flexibility index (Phi) is 3.97. The average molecular weight is 307 g/mol. The Bertz CT molecular complexity index is 773. The van der Waals surface area contributed by atoms with Crippen LogP contribution in [0.2, 0.25) is 0 Å². The topological polar surface area (TPSA) is 96.0 Å². The molecule has 0 saturated heterocycles. The van der Waals surface area contributed by atoms with Crippen molar-refractivity contribution in [3.63, 3.8) is 0 Å². The van der Waals surface area contributed by atoms with Crippen molar-refractivity contribution in [1.29, 1.82) is 5.26 Å². The largest absolute Gasteiger partial charge is 0.399 e. The van der Waals surface area contributed by atoms with Crippen molar-refractivity contribution >= 4 is 32.0 Å². The number of nitrogens with one attached hydrogen (secondary N) is 1. The van der Waals surface area contributed by atoms with E-state index in [1.807, 2.05) is 13.0 Å². The highest BCUT2D eigenvalue weighted by atomic mass is 32.2. The van der Waals surface area contributed by atoms with Crippen LogP contribution in [0.25, 0.3) is 0 Å². The third-order valence-corrected chi connectivity index (χ3v) is 5.17. The Hall–Kier alpha value is -2.04. The lowest BCUT2D eigenvalue weighted by atomic mass is 10.1. The fraction of sp³-hybridized carbons (Fsp3) is 0.154. The van der Waals surface area contributed by atoms with Crippen LogP contribution in [-0.4, -0.2) is 8.42 Å². The first-order chi connectivity index (χ1) is 9.47. The summed E-state index contributed by atoms with van der Waals surface area (Å²) in [5, 5.41) is 10.9. The first kappa shape index (κ1) is 14.4. The summed E-state index contributed by atoms with van der Waals surface area (Å²) in [6.07, 6.45) is 0.575. The second kappa shape index (κ2) is 5.53. The number of nitrogens with two attached hydrogens (primary N) is 1. The molecule has 0 bridgehead atoms. The Labute approximate surface area is 121 Å². The van der Waals surface area contributed by atoms with E-state index in [0.717, 1.165) is 0 Å². The van der Waals surface area contributed by atoms with Crippen molar-refractivity contribution in [2.45, 2.75) is 18.2 Å². The van der Waals surface area contributed by atoms with Crippen LogP contribution in [0.15, 0.2) is 34.5 Å². The van der Waals surface area contributed by atoms with Crippen LogP contribution >= 0.6 is 11.3 Å². The van der Waals surface area contributed by atoms with Gasteiger partial charge in [0.25, 0.3) is 10.0 Å². The van der Waals surface area contributed by atoms with E-state index in [2.05, 4.69) is 4.72 Å². The number of nitrogens with zero attached hydrogens (tertiary/aromatic N) is 1. The Balaban J connectivity index is 2.46. The molecule has 20 heavy (non-hydrogen) atoms. The van der Waals surface area contributed by atoms with Gasteiger partial charge in [-0.05, 0) is 35.6 Å². The van der Waals surface area contributed by atoms with Crippen LogP contribution in [0.5, 0.6) is 0 Å². The summed E-state index contributed by atoms with van der Waals surface area (Å²) in [7, 11) is -3.75. The fourth-order valence-electron chi connectivity index (χ4n) is 1.77. The lowest BCUT2D eigenvalue weighted by molar-refractivity contribution is 0.600. The molecule has 2 rings (SSSR count). The first-order valence-electron chi connectivity index (χ1n) is 5.86. The molecule has 0 spiro atoms. The molecule has 0 fully saturated rings. The number of benzene rings is 1. The normalized spacial score (nSPS) is 11.0. The minimum atomic E-state index is -3.75. The first-order valence-corrected chi connectivity index (χ1v) is 8.23. The SMILES string of the molecule is CCc1ccc(N)cc1S(=O)(=O)Nc1sccc1C#N. The van der Waals surface area contributed by atoms with E-state index in [9.17, 15) is 8.42 Å². The molecule has 0 aliphatic carbocycles. The van der Waals surface area contributed by atoms with Gasteiger partial charge in [0.05, 0.1) is 10.5 Å². The predicted octanol–water partition coefficient (Wildman–Crippen LogP) is 2.57. The molecule has 1 heterocycles. The summed E-state index contributed by atoms with van der Waals surface area (Å²) in [6.45, 7) is 1.87. The van der Waals surface area contributed by atoms with Crippen molar-refractivity contribution in [3.05, 3.63) is 40.8 Å². The van der Waals surface area contributed by atoms with Crippen molar-refractivity contribution in [2.24, 2.45) is 0 Å². The summed E-state index contributed by atoms with van der Waals surface area (Å²) in [4.78, 5) is 0.150. The van der Waals surface area contributed by atoms with E-state index >= 15 is 0 Å². The molecule has 104 valence electrons. The highest BCUT2D eigenvalue weighted by Crippen LogP contribution is 2.27. The third-order valence-electron chi connectivity index (χ3n) is 2.77. The van der Waals surface area contributed by atoms with Crippen LogP contribution in [0.3, 0.4) is 0 Å². The van der Waals surface area contributed by atoms with Gasteiger partial charge in [0, 0.05) is 5.69 Å². The summed E-state index contributed by atoms with van der Waals surface area (Å²) in [6, 6.07) is 8.32. The van der Waals surface area contributed by atoms with Gasteiger partial charge in [-0.15, -0.1) is 11.3 Å². The molecule has 0 atom stereocenters. The highest BCUT2D eigenvalue weighted by Gasteiger charge is 2.20. The minimum Gasteiger partial charge on any atom is -0.399 e. The predicted molar refractivity (Wildman–Crippen MR) is 80.1 cm³/mol. The van der Waals surface area contributed by atoms with Gasteiger partial charge < -0.3 is 5.73 Å². The molecule has 3 N–H and O–H groups in total. The second-order valence-electron chi connectivity index (χ2n) is 4.10. The van der Waals surface area contributed by atoms with Gasteiger partial charge in [0.1, 0.15) is 11.1 Å². The fourth-order valence-corrected chi connectivity index (χ4v) is 4.18. The van der Waals surface area contributed by atoms with E-state index in [4.69, 9.17) is 11.0 Å². The number of nitrogen functional groups attached to an aromatic ring is 1. The lowest BCUT2D eigenvalue weighted by Crippen LogP contribution is -2.15. The third kappa shape index (κ3) is 2.76. The highest BCUT2D eigenvalue weighted by molar-refractivity contribution is 7.93. The molecule has 0 unspecified atom stereocenters. The number of thiophene rings is 1. The van der Waals surface area contributed by atoms with Crippen LogP contribution in [0.1, 0.15) is 18.1 Å². The van der Waals surface area contributed by atoms with E-state index < -0.39 is 10.0 Å². The number of rotatable bonds is 4. The lowest BCUT2D eigenvalue weighted by Gasteiger charge is -2.11. The van der Waals surface area contributed by atoms with Crippen molar-refractivity contribution in [3.8, 4) is 6.07 Å². The van der Waals surface area contributed by atoms with Gasteiger partial charge in [-0.3, -0.25) is 4.72 Å². The second-order valence-corrected chi connectivity index (χ2v) is 6.67. The maximum Gasteiger partial charge on any atom is 0.262 e. The number of sulfonamides is 1. The molecule has 2 aromatic rings. The zero-order valence-electron chi connectivity index (χ0n) is 10.8. The standard InChI is InChI=1S/C13H13N3O2S2/c1-2-9-3-4-11(15)7-12(9)20(17,18)16-13-10(8-14)5-6-19-13/h3-7,16H,2,15H2,1H3. The molecule has 5 nitrogen and oxygen atoms in total. The van der Waals surface area contributed by atoms with Crippen molar-refractivity contribution in [1.82, 2.24) is 0 Å². The zero-order chi connectivity index (χ0) is 14.8. The minimum absolute atomic E-state index is 0.150. The number of aryl methyl sites for hydroxylation is 1. The Morgan fingerprint density at radius 1 is 1.40 bits per heavy atom. The van der Waals surface area contributed by atoms with Gasteiger partial charge in [-0.2, -0.15) is 5.26 Å². The molecular weight excluding hydrogens is 294 g/mol.